The van der Waals surface area contributed by atoms with Crippen LogP contribution < -0.4 is 10.5 Å². The molecular weight excluding hydrogens is 469 g/mol. The van der Waals surface area contributed by atoms with Gasteiger partial charge >= 0.3 is 0 Å². The van der Waals surface area contributed by atoms with Crippen molar-refractivity contribution < 1.29 is 13.9 Å². The van der Waals surface area contributed by atoms with Crippen molar-refractivity contribution in [3.63, 3.8) is 0 Å². The molecule has 0 amide bonds. The number of carbonyl (C=O) groups is 1. The van der Waals surface area contributed by atoms with Gasteiger partial charge in [0.1, 0.15) is 17.7 Å². The summed E-state index contributed by atoms with van der Waals surface area (Å²) in [4.78, 5) is 23.9. The van der Waals surface area contributed by atoms with Gasteiger partial charge in [0.2, 0.25) is 0 Å². The number of H-pyrrole nitrogens is 1. The van der Waals surface area contributed by atoms with E-state index in [1.54, 1.807) is 24.4 Å². The molecule has 5 rings (SSSR count). The molecule has 37 heavy (non-hydrogen) atoms. The molecule has 7 nitrogen and oxygen atoms in total. The molecule has 2 unspecified atom stereocenters. The Kier molecular flexibility index (Phi) is 7.60. The topological polar surface area (TPSA) is 87.5 Å². The lowest BCUT2D eigenvalue weighted by atomic mass is 9.96. The van der Waals surface area contributed by atoms with E-state index in [1.165, 1.54) is 11.6 Å². The van der Waals surface area contributed by atoms with Gasteiger partial charge in [0.05, 0.1) is 11.6 Å². The zero-order valence-electron chi connectivity index (χ0n) is 20.9. The van der Waals surface area contributed by atoms with Crippen molar-refractivity contribution in [2.75, 3.05) is 26.2 Å². The first-order chi connectivity index (χ1) is 18.0. The van der Waals surface area contributed by atoms with Gasteiger partial charge in [-0.25, -0.2) is 9.37 Å². The van der Waals surface area contributed by atoms with Crippen LogP contribution >= 0.6 is 0 Å². The van der Waals surface area contributed by atoms with Crippen molar-refractivity contribution in [1.82, 2.24) is 19.8 Å². The zero-order chi connectivity index (χ0) is 25.8. The van der Waals surface area contributed by atoms with Crippen molar-refractivity contribution in [3.8, 4) is 11.5 Å². The van der Waals surface area contributed by atoms with Gasteiger partial charge in [0.15, 0.2) is 11.6 Å². The van der Waals surface area contributed by atoms with Crippen LogP contribution in [0.25, 0.3) is 11.0 Å². The highest BCUT2D eigenvalue weighted by Gasteiger charge is 2.27. The third-order valence-electron chi connectivity index (χ3n) is 7.11. The molecule has 3 heterocycles. The number of benzene rings is 2. The van der Waals surface area contributed by atoms with E-state index < -0.39 is 17.9 Å². The molecule has 8 heteroatoms. The Morgan fingerprint density at radius 2 is 1.86 bits per heavy atom. The third kappa shape index (κ3) is 5.72. The Morgan fingerprint density at radius 1 is 1.08 bits per heavy atom. The molecule has 0 aliphatic carbocycles. The van der Waals surface area contributed by atoms with Gasteiger partial charge < -0.3 is 20.2 Å². The maximum absolute atomic E-state index is 15.0. The van der Waals surface area contributed by atoms with Crippen LogP contribution in [0, 0.1) is 18.7 Å². The predicted octanol–water partition coefficient (Wildman–Crippen LogP) is 4.26. The average Bonchev–Trinajstić information content (AvgIpc) is 3.31. The summed E-state index contributed by atoms with van der Waals surface area (Å²) >= 11 is 0. The molecule has 1 saturated heterocycles. The van der Waals surface area contributed by atoms with E-state index in [9.17, 15) is 4.79 Å². The molecule has 1 aliphatic rings. The smallest absolute Gasteiger partial charge is 0.165 e. The van der Waals surface area contributed by atoms with Crippen LogP contribution in [0.15, 0.2) is 67.0 Å². The second kappa shape index (κ2) is 11.2. The van der Waals surface area contributed by atoms with Gasteiger partial charge in [-0.3, -0.25) is 9.80 Å². The van der Waals surface area contributed by atoms with Crippen LogP contribution in [0.4, 0.5) is 4.39 Å². The molecule has 1 fully saturated rings. The van der Waals surface area contributed by atoms with Crippen molar-refractivity contribution in [2.24, 2.45) is 11.7 Å². The fourth-order valence-electron chi connectivity index (χ4n) is 4.99. The number of aryl methyl sites for hydroxylation is 1. The molecule has 2 aromatic heterocycles. The van der Waals surface area contributed by atoms with Crippen LogP contribution in [0.1, 0.15) is 16.7 Å². The van der Waals surface area contributed by atoms with Crippen LogP contribution in [0.3, 0.4) is 0 Å². The number of pyridine rings is 1. The Bertz CT molecular complexity index is 1350. The van der Waals surface area contributed by atoms with Crippen molar-refractivity contribution in [1.29, 1.82) is 0 Å². The molecule has 0 spiro atoms. The number of hydrogen-bond acceptors (Lipinski definition) is 6. The molecule has 192 valence electrons. The Hall–Kier alpha value is -3.59. The number of nitrogens with zero attached hydrogens (tertiary/aromatic N) is 3. The average molecular weight is 502 g/mol. The number of nitrogens with one attached hydrogen (secondary N) is 1. The Balaban J connectivity index is 1.20. The molecule has 0 saturated carbocycles. The normalized spacial score (nSPS) is 16.5. The molecule has 0 radical (unpaired) electrons. The number of halogens is 1. The Labute approximate surface area is 216 Å². The van der Waals surface area contributed by atoms with E-state index in [0.717, 1.165) is 50.0 Å². The first-order valence-electron chi connectivity index (χ1n) is 12.6. The number of aldehydes is 1. The standard InChI is InChI=1S/C29H32FN5O2/c1-20-17-33-29-27(20)26(9-10-32-29)37-25-8-7-22(16-24(25)30)15-23(19-36)28(31)35-13-11-34(12-14-35)18-21-5-3-2-4-6-21/h2-10,16-17,19,23,28H,11-15,18,31H2,1H3,(H,32,33). The van der Waals surface area contributed by atoms with E-state index in [4.69, 9.17) is 10.5 Å². The fraction of sp³-hybridized carbons (Fsp3) is 0.310. The summed E-state index contributed by atoms with van der Waals surface area (Å²) < 4.78 is 20.9. The SMILES string of the molecule is Cc1c[nH]c2nccc(Oc3ccc(CC(C=O)C(N)N4CCN(Cc5ccccc5)CC4)cc3F)c12. The molecule has 2 atom stereocenters. The highest BCUT2D eigenvalue weighted by molar-refractivity contribution is 5.86. The lowest BCUT2D eigenvalue weighted by molar-refractivity contribution is -0.113. The monoisotopic (exact) mass is 501 g/mol. The number of rotatable bonds is 9. The van der Waals surface area contributed by atoms with Crippen LogP contribution in [-0.4, -0.2) is 58.4 Å². The van der Waals surface area contributed by atoms with Gasteiger partial charge in [-0.1, -0.05) is 36.4 Å². The minimum atomic E-state index is -0.483. The summed E-state index contributed by atoms with van der Waals surface area (Å²) in [6.45, 7) is 6.20. The summed E-state index contributed by atoms with van der Waals surface area (Å²) in [7, 11) is 0. The second-order valence-corrected chi connectivity index (χ2v) is 9.66. The predicted molar refractivity (Wildman–Crippen MR) is 142 cm³/mol. The summed E-state index contributed by atoms with van der Waals surface area (Å²) in [5.74, 6) is -0.259. The van der Waals surface area contributed by atoms with Crippen molar-refractivity contribution in [2.45, 2.75) is 26.1 Å². The summed E-state index contributed by atoms with van der Waals surface area (Å²) in [6, 6.07) is 16.9. The highest BCUT2D eigenvalue weighted by Crippen LogP contribution is 2.32. The third-order valence-corrected chi connectivity index (χ3v) is 7.11. The molecule has 2 aromatic carbocycles. The van der Waals surface area contributed by atoms with E-state index in [0.29, 0.717) is 23.4 Å². The van der Waals surface area contributed by atoms with E-state index in [-0.39, 0.29) is 5.75 Å². The van der Waals surface area contributed by atoms with Gasteiger partial charge in [0, 0.05) is 51.0 Å². The number of nitrogens with two attached hydrogens (primary N) is 1. The minimum Gasteiger partial charge on any atom is -0.453 e. The van der Waals surface area contributed by atoms with Gasteiger partial charge in [-0.2, -0.15) is 0 Å². The van der Waals surface area contributed by atoms with Crippen molar-refractivity contribution in [3.05, 3.63) is 89.5 Å². The van der Waals surface area contributed by atoms with Crippen LogP contribution in [0.2, 0.25) is 0 Å². The lowest BCUT2D eigenvalue weighted by Gasteiger charge is -2.39. The van der Waals surface area contributed by atoms with Gasteiger partial charge in [-0.05, 0) is 48.2 Å². The maximum Gasteiger partial charge on any atom is 0.165 e. The lowest BCUT2D eigenvalue weighted by Crippen LogP contribution is -2.56. The summed E-state index contributed by atoms with van der Waals surface area (Å²) in [5.41, 5.74) is 10.2. The zero-order valence-corrected chi connectivity index (χ0v) is 20.9. The molecule has 4 aromatic rings. The number of ether oxygens (including phenoxy) is 1. The molecule has 1 aliphatic heterocycles. The quantitative estimate of drug-likeness (QED) is 0.333. The number of piperazine rings is 1. The largest absolute Gasteiger partial charge is 0.453 e. The number of aromatic nitrogens is 2. The van der Waals surface area contributed by atoms with Crippen LogP contribution in [-0.2, 0) is 17.8 Å². The van der Waals surface area contributed by atoms with E-state index in [1.807, 2.05) is 19.2 Å². The van der Waals surface area contributed by atoms with Crippen LogP contribution in [0.5, 0.6) is 11.5 Å². The van der Waals surface area contributed by atoms with Gasteiger partial charge in [0.25, 0.3) is 0 Å². The molecule has 3 N–H and O–H groups in total. The fourth-order valence-corrected chi connectivity index (χ4v) is 4.99. The highest BCUT2D eigenvalue weighted by atomic mass is 19.1. The number of hydrogen-bond donors (Lipinski definition) is 2. The first kappa shape index (κ1) is 25.1. The Morgan fingerprint density at radius 3 is 2.59 bits per heavy atom. The van der Waals surface area contributed by atoms with E-state index >= 15 is 4.39 Å². The molecule has 0 bridgehead atoms. The first-order valence-corrected chi connectivity index (χ1v) is 12.6. The number of fused-ring (bicyclic) bond motifs is 1. The summed E-state index contributed by atoms with van der Waals surface area (Å²) in [6.07, 6.45) is 4.30. The van der Waals surface area contributed by atoms with Gasteiger partial charge in [-0.15, -0.1) is 0 Å². The minimum absolute atomic E-state index is 0.123. The van der Waals surface area contributed by atoms with E-state index in [2.05, 4.69) is 44.0 Å². The number of aromatic amines is 1. The number of carbonyl (C=O) groups excluding carboxylic acids is 1. The van der Waals surface area contributed by atoms with Crippen molar-refractivity contribution >= 4 is 17.3 Å². The summed E-state index contributed by atoms with van der Waals surface area (Å²) in [5, 5.41) is 0.821. The maximum atomic E-state index is 15.0. The molecular formula is C29H32FN5O2. The second-order valence-electron chi connectivity index (χ2n) is 9.66.